The first-order valence-electron chi connectivity index (χ1n) is 8.43. The number of hydrogen-bond acceptors (Lipinski definition) is 3. The van der Waals surface area contributed by atoms with Gasteiger partial charge in [0.15, 0.2) is 0 Å². The van der Waals surface area contributed by atoms with Gasteiger partial charge in [-0.15, -0.1) is 0 Å². The van der Waals surface area contributed by atoms with Crippen molar-refractivity contribution in [2.75, 3.05) is 39.4 Å². The lowest BCUT2D eigenvalue weighted by molar-refractivity contribution is 0.143. The smallest absolute Gasteiger partial charge is 0.0477 e. The van der Waals surface area contributed by atoms with E-state index in [9.17, 15) is 0 Å². The van der Waals surface area contributed by atoms with E-state index in [4.69, 9.17) is 4.74 Å². The minimum absolute atomic E-state index is 0.833. The van der Waals surface area contributed by atoms with Crippen LogP contribution < -0.4 is 5.32 Å². The number of nitrogens with one attached hydrogen (secondary N) is 1. The monoisotopic (exact) mass is 290 g/mol. The van der Waals surface area contributed by atoms with Crippen molar-refractivity contribution in [3.63, 3.8) is 0 Å². The fourth-order valence-corrected chi connectivity index (χ4v) is 2.94. The van der Waals surface area contributed by atoms with E-state index in [1.54, 1.807) is 0 Å². The van der Waals surface area contributed by atoms with E-state index in [1.165, 1.54) is 38.0 Å². The van der Waals surface area contributed by atoms with E-state index < -0.39 is 0 Å². The van der Waals surface area contributed by atoms with Crippen LogP contribution in [-0.2, 0) is 11.3 Å². The molecule has 0 radical (unpaired) electrons. The van der Waals surface area contributed by atoms with Crippen LogP contribution in [0.5, 0.6) is 0 Å². The molecule has 0 atom stereocenters. The van der Waals surface area contributed by atoms with Crippen molar-refractivity contribution < 1.29 is 4.74 Å². The van der Waals surface area contributed by atoms with Crippen molar-refractivity contribution in [3.8, 4) is 0 Å². The third-order valence-corrected chi connectivity index (χ3v) is 4.24. The minimum atomic E-state index is 0.833. The third kappa shape index (κ3) is 6.60. The number of likely N-dealkylation sites (tertiary alicyclic amines) is 1. The minimum Gasteiger partial charge on any atom is -0.382 e. The van der Waals surface area contributed by atoms with Gasteiger partial charge in [-0.2, -0.15) is 0 Å². The maximum Gasteiger partial charge on any atom is 0.0477 e. The van der Waals surface area contributed by atoms with Crippen LogP contribution in [-0.4, -0.2) is 44.3 Å². The number of benzene rings is 1. The average molecular weight is 290 g/mol. The van der Waals surface area contributed by atoms with E-state index in [-0.39, 0.29) is 0 Å². The van der Waals surface area contributed by atoms with Crippen molar-refractivity contribution in [3.05, 3.63) is 35.9 Å². The molecule has 1 N–H and O–H groups in total. The molecule has 118 valence electrons. The van der Waals surface area contributed by atoms with Crippen LogP contribution in [0, 0.1) is 5.92 Å². The molecule has 3 heteroatoms. The highest BCUT2D eigenvalue weighted by Crippen LogP contribution is 2.18. The van der Waals surface area contributed by atoms with Gasteiger partial charge in [0, 0.05) is 19.8 Å². The van der Waals surface area contributed by atoms with Gasteiger partial charge in [-0.25, -0.2) is 0 Å². The predicted molar refractivity (Wildman–Crippen MR) is 88.4 cm³/mol. The Bertz CT molecular complexity index is 361. The molecule has 0 spiro atoms. The van der Waals surface area contributed by atoms with Crippen molar-refractivity contribution in [2.45, 2.75) is 32.7 Å². The van der Waals surface area contributed by atoms with Gasteiger partial charge < -0.3 is 10.1 Å². The standard InChI is InChI=1S/C18H30N2O/c1-2-21-14-6-11-19-15-17-9-12-20(13-10-17)16-18-7-4-3-5-8-18/h3-5,7-8,17,19H,2,6,9-16H2,1H3. The summed E-state index contributed by atoms with van der Waals surface area (Å²) >= 11 is 0. The Kier molecular flexibility index (Phi) is 7.79. The Balaban J connectivity index is 1.54. The Labute approximate surface area is 129 Å². The van der Waals surface area contributed by atoms with Gasteiger partial charge in [-0.3, -0.25) is 4.90 Å². The highest BCUT2D eigenvalue weighted by Gasteiger charge is 2.18. The molecule has 0 amide bonds. The Hall–Kier alpha value is -0.900. The van der Waals surface area contributed by atoms with Gasteiger partial charge in [0.25, 0.3) is 0 Å². The van der Waals surface area contributed by atoms with E-state index in [2.05, 4.69) is 47.5 Å². The molecule has 0 unspecified atom stereocenters. The molecule has 0 aliphatic carbocycles. The fourth-order valence-electron chi connectivity index (χ4n) is 2.94. The lowest BCUT2D eigenvalue weighted by Crippen LogP contribution is -2.37. The van der Waals surface area contributed by atoms with E-state index >= 15 is 0 Å². The van der Waals surface area contributed by atoms with E-state index in [1.807, 2.05) is 0 Å². The van der Waals surface area contributed by atoms with Crippen LogP contribution in [0.4, 0.5) is 0 Å². The Morgan fingerprint density at radius 3 is 2.67 bits per heavy atom. The maximum absolute atomic E-state index is 5.35. The van der Waals surface area contributed by atoms with Crippen molar-refractivity contribution in [2.24, 2.45) is 5.92 Å². The second-order valence-electron chi connectivity index (χ2n) is 5.96. The number of hydrogen-bond donors (Lipinski definition) is 1. The molecule has 1 fully saturated rings. The summed E-state index contributed by atoms with van der Waals surface area (Å²) < 4.78 is 5.35. The van der Waals surface area contributed by atoms with Crippen LogP contribution in [0.3, 0.4) is 0 Å². The first-order valence-corrected chi connectivity index (χ1v) is 8.43. The summed E-state index contributed by atoms with van der Waals surface area (Å²) in [6.45, 7) is 9.61. The summed E-state index contributed by atoms with van der Waals surface area (Å²) in [7, 11) is 0. The highest BCUT2D eigenvalue weighted by atomic mass is 16.5. The lowest BCUT2D eigenvalue weighted by atomic mass is 9.96. The first kappa shape index (κ1) is 16.5. The fraction of sp³-hybridized carbons (Fsp3) is 0.667. The molecule has 1 saturated heterocycles. The molecular weight excluding hydrogens is 260 g/mol. The second-order valence-corrected chi connectivity index (χ2v) is 5.96. The summed E-state index contributed by atoms with van der Waals surface area (Å²) in [6.07, 6.45) is 3.78. The topological polar surface area (TPSA) is 24.5 Å². The van der Waals surface area contributed by atoms with Gasteiger partial charge in [-0.1, -0.05) is 30.3 Å². The number of rotatable bonds is 9. The van der Waals surface area contributed by atoms with Gasteiger partial charge in [0.1, 0.15) is 0 Å². The molecule has 1 aromatic rings. The molecule has 0 aromatic heterocycles. The number of ether oxygens (including phenoxy) is 1. The summed E-state index contributed by atoms with van der Waals surface area (Å²) in [5.41, 5.74) is 1.44. The maximum atomic E-state index is 5.35. The van der Waals surface area contributed by atoms with Gasteiger partial charge >= 0.3 is 0 Å². The van der Waals surface area contributed by atoms with E-state index in [0.29, 0.717) is 0 Å². The molecule has 1 aromatic carbocycles. The van der Waals surface area contributed by atoms with Crippen LogP contribution in [0.15, 0.2) is 30.3 Å². The van der Waals surface area contributed by atoms with Crippen molar-refractivity contribution in [1.82, 2.24) is 10.2 Å². The number of piperidine rings is 1. The first-order chi connectivity index (χ1) is 10.4. The lowest BCUT2D eigenvalue weighted by Gasteiger charge is -2.32. The Morgan fingerprint density at radius 1 is 1.19 bits per heavy atom. The van der Waals surface area contributed by atoms with Crippen LogP contribution in [0.1, 0.15) is 31.7 Å². The normalized spacial score (nSPS) is 17.2. The SMILES string of the molecule is CCOCCCNCC1CCN(Cc2ccccc2)CC1. The molecule has 1 heterocycles. The van der Waals surface area contributed by atoms with E-state index in [0.717, 1.165) is 38.6 Å². The zero-order valence-electron chi connectivity index (χ0n) is 13.4. The molecule has 0 saturated carbocycles. The number of nitrogens with zero attached hydrogens (tertiary/aromatic N) is 1. The highest BCUT2D eigenvalue weighted by molar-refractivity contribution is 5.14. The zero-order valence-corrected chi connectivity index (χ0v) is 13.4. The molecule has 1 aliphatic rings. The summed E-state index contributed by atoms with van der Waals surface area (Å²) in [4.78, 5) is 2.58. The molecule has 0 bridgehead atoms. The zero-order chi connectivity index (χ0) is 14.8. The molecule has 1 aliphatic heterocycles. The summed E-state index contributed by atoms with van der Waals surface area (Å²) in [5.74, 6) is 0.851. The molecule has 3 nitrogen and oxygen atoms in total. The summed E-state index contributed by atoms with van der Waals surface area (Å²) in [5, 5.41) is 3.58. The average Bonchev–Trinajstić information content (AvgIpc) is 2.53. The van der Waals surface area contributed by atoms with Crippen molar-refractivity contribution >= 4 is 0 Å². The van der Waals surface area contributed by atoms with Gasteiger partial charge in [-0.05, 0) is 63.8 Å². The predicted octanol–water partition coefficient (Wildman–Crippen LogP) is 2.91. The molecule has 2 rings (SSSR count). The Morgan fingerprint density at radius 2 is 1.95 bits per heavy atom. The molecule has 21 heavy (non-hydrogen) atoms. The summed E-state index contributed by atoms with van der Waals surface area (Å²) in [6, 6.07) is 10.8. The quantitative estimate of drug-likeness (QED) is 0.708. The van der Waals surface area contributed by atoms with Gasteiger partial charge in [0.2, 0.25) is 0 Å². The van der Waals surface area contributed by atoms with Gasteiger partial charge in [0.05, 0.1) is 0 Å². The van der Waals surface area contributed by atoms with Crippen LogP contribution >= 0.6 is 0 Å². The second kappa shape index (κ2) is 9.93. The molecular formula is C18H30N2O. The third-order valence-electron chi connectivity index (χ3n) is 4.24. The van der Waals surface area contributed by atoms with Crippen LogP contribution in [0.25, 0.3) is 0 Å². The van der Waals surface area contributed by atoms with Crippen LogP contribution in [0.2, 0.25) is 0 Å². The van der Waals surface area contributed by atoms with Crippen molar-refractivity contribution in [1.29, 1.82) is 0 Å². The largest absolute Gasteiger partial charge is 0.382 e.